The zero-order valence-electron chi connectivity index (χ0n) is 18.9. The van der Waals surface area contributed by atoms with Gasteiger partial charge in [-0.1, -0.05) is 58.8 Å². The van der Waals surface area contributed by atoms with E-state index in [4.69, 9.17) is 33.3 Å². The average Bonchev–Trinajstić information content (AvgIpc) is 3.42. The van der Waals surface area contributed by atoms with E-state index in [0.717, 1.165) is 46.3 Å². The molecule has 8 heteroatoms. The summed E-state index contributed by atoms with van der Waals surface area (Å²) < 4.78 is 0. The van der Waals surface area contributed by atoms with Gasteiger partial charge in [-0.2, -0.15) is 5.10 Å². The van der Waals surface area contributed by atoms with Crippen LogP contribution in [0.25, 0.3) is 6.08 Å². The SMILES string of the molecule is CNC(=O)c1sc(N2N=C3/C(=C\c4ccc(Cl)cc4)CCC[C@@H]3[C@@H]2c2ccc(Cl)cc2)nc1C. The molecule has 0 saturated heterocycles. The second-order valence-corrected chi connectivity index (χ2v) is 10.4. The van der Waals surface area contributed by atoms with Gasteiger partial charge in [0.2, 0.25) is 5.13 Å². The van der Waals surface area contributed by atoms with Crippen LogP contribution >= 0.6 is 34.5 Å². The molecule has 0 spiro atoms. The van der Waals surface area contributed by atoms with Crippen molar-refractivity contribution in [3.05, 3.63) is 85.8 Å². The van der Waals surface area contributed by atoms with Crippen molar-refractivity contribution >= 4 is 57.4 Å². The van der Waals surface area contributed by atoms with E-state index in [1.807, 2.05) is 48.3 Å². The first-order valence-electron chi connectivity index (χ1n) is 11.2. The third-order valence-corrected chi connectivity index (χ3v) is 7.99. The Bertz CT molecular complexity index is 1280. The van der Waals surface area contributed by atoms with Crippen LogP contribution in [-0.4, -0.2) is 23.7 Å². The van der Waals surface area contributed by atoms with Crippen LogP contribution in [0.1, 0.15) is 51.8 Å². The number of aromatic nitrogens is 1. The Hall–Kier alpha value is -2.67. The molecule has 34 heavy (non-hydrogen) atoms. The lowest BCUT2D eigenvalue weighted by Crippen LogP contribution is -2.28. The molecule has 1 aliphatic carbocycles. The summed E-state index contributed by atoms with van der Waals surface area (Å²) in [6.45, 7) is 1.87. The number of nitrogens with one attached hydrogen (secondary N) is 1. The lowest BCUT2D eigenvalue weighted by atomic mass is 9.77. The smallest absolute Gasteiger partial charge is 0.263 e. The van der Waals surface area contributed by atoms with Crippen molar-refractivity contribution in [1.82, 2.24) is 10.3 Å². The Morgan fingerprint density at radius 2 is 1.79 bits per heavy atom. The number of amides is 1. The molecular formula is C26H24Cl2N4OS. The highest BCUT2D eigenvalue weighted by Crippen LogP contribution is 2.47. The van der Waals surface area contributed by atoms with Gasteiger partial charge in [-0.25, -0.2) is 9.99 Å². The highest BCUT2D eigenvalue weighted by Gasteiger charge is 2.43. The van der Waals surface area contributed by atoms with Gasteiger partial charge in [0.1, 0.15) is 4.88 Å². The fraction of sp³-hybridized carbons (Fsp3) is 0.269. The van der Waals surface area contributed by atoms with Crippen LogP contribution in [0.15, 0.2) is 59.2 Å². The number of hydrogen-bond acceptors (Lipinski definition) is 5. The number of hydrogen-bond donors (Lipinski definition) is 1. The van der Waals surface area contributed by atoms with Gasteiger partial charge in [0.05, 0.1) is 17.4 Å². The highest BCUT2D eigenvalue weighted by atomic mass is 35.5. The molecule has 1 aliphatic heterocycles. The number of thiazole rings is 1. The molecule has 1 amide bonds. The summed E-state index contributed by atoms with van der Waals surface area (Å²) in [5, 5.41) is 12.0. The lowest BCUT2D eigenvalue weighted by Gasteiger charge is -2.29. The average molecular weight is 511 g/mol. The first-order valence-corrected chi connectivity index (χ1v) is 12.8. The molecule has 0 radical (unpaired) electrons. The minimum Gasteiger partial charge on any atom is -0.354 e. The molecule has 0 unspecified atom stereocenters. The van der Waals surface area contributed by atoms with Gasteiger partial charge in [-0.15, -0.1) is 0 Å². The predicted octanol–water partition coefficient (Wildman–Crippen LogP) is 6.92. The third kappa shape index (κ3) is 4.38. The van der Waals surface area contributed by atoms with Gasteiger partial charge in [-0.3, -0.25) is 4.79 Å². The molecule has 1 fully saturated rings. The van der Waals surface area contributed by atoms with Gasteiger partial charge in [0.15, 0.2) is 0 Å². The molecule has 1 aromatic heterocycles. The van der Waals surface area contributed by atoms with Gasteiger partial charge in [-0.05, 0) is 73.2 Å². The summed E-state index contributed by atoms with van der Waals surface area (Å²) in [4.78, 5) is 17.7. The fourth-order valence-electron chi connectivity index (χ4n) is 4.72. The topological polar surface area (TPSA) is 57.6 Å². The molecule has 2 heterocycles. The summed E-state index contributed by atoms with van der Waals surface area (Å²) >= 11 is 13.7. The molecular weight excluding hydrogens is 487 g/mol. The van der Waals surface area contributed by atoms with Crippen LogP contribution in [0.5, 0.6) is 0 Å². The first kappa shape index (κ1) is 23.1. The molecule has 5 rings (SSSR count). The maximum absolute atomic E-state index is 12.4. The maximum atomic E-state index is 12.4. The van der Waals surface area contributed by atoms with E-state index in [2.05, 4.69) is 23.5 Å². The van der Waals surface area contributed by atoms with Crippen LogP contribution in [0, 0.1) is 12.8 Å². The monoisotopic (exact) mass is 510 g/mol. The molecule has 3 aromatic rings. The normalized spacial score (nSPS) is 20.9. The Balaban J connectivity index is 1.60. The third-order valence-electron chi connectivity index (χ3n) is 6.34. The molecule has 2 aromatic carbocycles. The number of carbonyl (C=O) groups excluding carboxylic acids is 1. The van der Waals surface area contributed by atoms with E-state index >= 15 is 0 Å². The van der Waals surface area contributed by atoms with Gasteiger partial charge in [0.25, 0.3) is 5.91 Å². The van der Waals surface area contributed by atoms with Crippen LogP contribution in [0.4, 0.5) is 5.13 Å². The number of allylic oxidation sites excluding steroid dienone is 1. The van der Waals surface area contributed by atoms with Crippen molar-refractivity contribution in [3.63, 3.8) is 0 Å². The standard InChI is InChI=1S/C26H24Cl2N4OS/c1-15-24(25(33)29-2)34-26(30-15)32-23(17-8-12-20(28)13-9-17)21-5-3-4-18(22(21)31-32)14-16-6-10-19(27)11-7-16/h6-14,21,23H,3-5H2,1-2H3,(H,29,33)/b18-14-/t21-,23-/m0/s1. The number of halogens is 2. The fourth-order valence-corrected chi connectivity index (χ4v) is 5.97. The number of benzene rings is 2. The maximum Gasteiger partial charge on any atom is 0.263 e. The molecule has 5 nitrogen and oxygen atoms in total. The second kappa shape index (κ2) is 9.53. The van der Waals surface area contributed by atoms with E-state index in [1.165, 1.54) is 16.9 Å². The first-order chi connectivity index (χ1) is 16.4. The molecule has 174 valence electrons. The number of fused-ring (bicyclic) bond motifs is 1. The summed E-state index contributed by atoms with van der Waals surface area (Å²) in [5.74, 6) is 0.0954. The quantitative estimate of drug-likeness (QED) is 0.414. The zero-order valence-corrected chi connectivity index (χ0v) is 21.2. The van der Waals surface area contributed by atoms with E-state index in [1.54, 1.807) is 7.05 Å². The summed E-state index contributed by atoms with van der Waals surface area (Å²) in [6.07, 6.45) is 5.31. The van der Waals surface area contributed by atoms with Crippen LogP contribution in [0.3, 0.4) is 0 Å². The minimum atomic E-state index is -0.128. The number of anilines is 1. The summed E-state index contributed by atoms with van der Waals surface area (Å²) in [6, 6.07) is 15.8. The van der Waals surface area contributed by atoms with E-state index in [9.17, 15) is 4.79 Å². The van der Waals surface area contributed by atoms with E-state index < -0.39 is 0 Å². The summed E-state index contributed by atoms with van der Waals surface area (Å²) in [7, 11) is 1.64. The minimum absolute atomic E-state index is 0.00993. The number of carbonyl (C=O) groups is 1. The van der Waals surface area contributed by atoms with E-state index in [-0.39, 0.29) is 17.9 Å². The van der Waals surface area contributed by atoms with Crippen molar-refractivity contribution in [1.29, 1.82) is 0 Å². The van der Waals surface area contributed by atoms with Crippen molar-refractivity contribution in [2.75, 3.05) is 12.1 Å². The largest absolute Gasteiger partial charge is 0.354 e. The molecule has 0 bridgehead atoms. The van der Waals surface area contributed by atoms with Crippen molar-refractivity contribution < 1.29 is 4.79 Å². The molecule has 1 saturated carbocycles. The molecule has 2 atom stereocenters. The van der Waals surface area contributed by atoms with Crippen molar-refractivity contribution in [2.45, 2.75) is 32.2 Å². The highest BCUT2D eigenvalue weighted by molar-refractivity contribution is 7.17. The Labute approximate surface area is 213 Å². The number of rotatable bonds is 4. The summed E-state index contributed by atoms with van der Waals surface area (Å²) in [5.41, 5.74) is 5.28. The van der Waals surface area contributed by atoms with Crippen LogP contribution in [-0.2, 0) is 0 Å². The van der Waals surface area contributed by atoms with Crippen LogP contribution < -0.4 is 10.3 Å². The van der Waals surface area contributed by atoms with Crippen molar-refractivity contribution in [3.8, 4) is 0 Å². The Kier molecular flexibility index (Phi) is 6.47. The van der Waals surface area contributed by atoms with E-state index in [0.29, 0.717) is 15.6 Å². The molecule has 2 aliphatic rings. The van der Waals surface area contributed by atoms with Crippen molar-refractivity contribution in [2.24, 2.45) is 11.0 Å². The number of aryl methyl sites for hydroxylation is 1. The van der Waals surface area contributed by atoms with Crippen LogP contribution in [0.2, 0.25) is 10.0 Å². The Morgan fingerprint density at radius 1 is 1.12 bits per heavy atom. The Morgan fingerprint density at radius 3 is 2.47 bits per heavy atom. The number of hydrazone groups is 1. The second-order valence-electron chi connectivity index (χ2n) is 8.54. The van der Waals surface area contributed by atoms with Gasteiger partial charge >= 0.3 is 0 Å². The number of nitrogens with zero attached hydrogens (tertiary/aromatic N) is 3. The van der Waals surface area contributed by atoms with Gasteiger partial charge in [0, 0.05) is 23.0 Å². The predicted molar refractivity (Wildman–Crippen MR) is 141 cm³/mol. The molecule has 1 N–H and O–H groups in total. The zero-order chi connectivity index (χ0) is 23.8. The lowest BCUT2D eigenvalue weighted by molar-refractivity contribution is 0.0966. The van der Waals surface area contributed by atoms with Gasteiger partial charge < -0.3 is 5.32 Å².